The summed E-state index contributed by atoms with van der Waals surface area (Å²) in [7, 11) is 0. The van der Waals surface area contributed by atoms with Crippen molar-refractivity contribution in [1.82, 2.24) is 9.78 Å². The zero-order valence-electron chi connectivity index (χ0n) is 9.58. The molecule has 0 aromatic carbocycles. The van der Waals surface area contributed by atoms with Crippen molar-refractivity contribution < 1.29 is 4.74 Å². The third kappa shape index (κ3) is 3.81. The molecule has 0 unspecified atom stereocenters. The second kappa shape index (κ2) is 4.49. The number of nitrogens with zero attached hydrogens (tertiary/aromatic N) is 2. The van der Waals surface area contributed by atoms with Gasteiger partial charge in [0.25, 0.3) is 0 Å². The summed E-state index contributed by atoms with van der Waals surface area (Å²) in [5, 5.41) is 4.14. The molecule has 3 nitrogen and oxygen atoms in total. The fraction of sp³-hybridized carbons (Fsp3) is 0.727. The minimum atomic E-state index is 0.334. The predicted octanol–water partition coefficient (Wildman–Crippen LogP) is 2.72. The highest BCUT2D eigenvalue weighted by Gasteiger charge is 2.10. The third-order valence-electron chi connectivity index (χ3n) is 2.05. The van der Waals surface area contributed by atoms with Crippen LogP contribution in [0.5, 0.6) is 5.75 Å². The Kier molecular flexibility index (Phi) is 3.55. The van der Waals surface area contributed by atoms with Gasteiger partial charge in [0, 0.05) is 6.54 Å². The van der Waals surface area contributed by atoms with Crippen molar-refractivity contribution in [2.75, 3.05) is 6.61 Å². The van der Waals surface area contributed by atoms with Crippen LogP contribution in [0.25, 0.3) is 0 Å². The molecule has 0 N–H and O–H groups in total. The molecule has 0 aliphatic carbocycles. The first-order chi connectivity index (χ1) is 6.51. The molecule has 0 amide bonds. The molecule has 0 aliphatic rings. The molecule has 3 heteroatoms. The lowest BCUT2D eigenvalue weighted by molar-refractivity contribution is 0.243. The first-order valence-corrected chi connectivity index (χ1v) is 5.16. The van der Waals surface area contributed by atoms with Gasteiger partial charge in [0.1, 0.15) is 0 Å². The van der Waals surface area contributed by atoms with Crippen LogP contribution < -0.4 is 4.74 Å². The molecule has 1 heterocycles. The fourth-order valence-corrected chi connectivity index (χ4v) is 1.07. The number of aromatic nitrogens is 2. The van der Waals surface area contributed by atoms with Crippen molar-refractivity contribution in [3.63, 3.8) is 0 Å². The van der Waals surface area contributed by atoms with E-state index >= 15 is 0 Å². The zero-order valence-corrected chi connectivity index (χ0v) is 9.58. The summed E-state index contributed by atoms with van der Waals surface area (Å²) in [6.45, 7) is 10.4. The summed E-state index contributed by atoms with van der Waals surface area (Å²) in [5.74, 6) is 0.871. The number of ether oxygens (including phenoxy) is 1. The topological polar surface area (TPSA) is 27.1 Å². The van der Waals surface area contributed by atoms with Crippen molar-refractivity contribution in [1.29, 1.82) is 0 Å². The zero-order chi connectivity index (χ0) is 10.6. The number of hydrogen-bond donors (Lipinski definition) is 0. The molecule has 0 radical (unpaired) electrons. The van der Waals surface area contributed by atoms with Crippen LogP contribution in [0, 0.1) is 5.41 Å². The van der Waals surface area contributed by atoms with Crippen LogP contribution in [0.15, 0.2) is 12.4 Å². The lowest BCUT2D eigenvalue weighted by atomic mass is 9.93. The average molecular weight is 196 g/mol. The van der Waals surface area contributed by atoms with E-state index in [1.54, 1.807) is 6.20 Å². The highest BCUT2D eigenvalue weighted by Crippen LogP contribution is 2.19. The summed E-state index contributed by atoms with van der Waals surface area (Å²) >= 11 is 0. The summed E-state index contributed by atoms with van der Waals surface area (Å²) < 4.78 is 7.45. The number of hydrogen-bond acceptors (Lipinski definition) is 2. The van der Waals surface area contributed by atoms with Crippen LogP contribution in [-0.2, 0) is 6.54 Å². The Morgan fingerprint density at radius 2 is 2.14 bits per heavy atom. The van der Waals surface area contributed by atoms with Crippen LogP contribution >= 0.6 is 0 Å². The van der Waals surface area contributed by atoms with Gasteiger partial charge in [-0.2, -0.15) is 5.10 Å². The maximum atomic E-state index is 5.58. The second-order valence-electron chi connectivity index (χ2n) is 4.69. The molecular weight excluding hydrogens is 176 g/mol. The van der Waals surface area contributed by atoms with E-state index in [2.05, 4.69) is 32.8 Å². The van der Waals surface area contributed by atoms with Crippen LogP contribution in [0.3, 0.4) is 0 Å². The molecule has 1 aromatic heterocycles. The second-order valence-corrected chi connectivity index (χ2v) is 4.69. The van der Waals surface area contributed by atoms with Gasteiger partial charge >= 0.3 is 0 Å². The van der Waals surface area contributed by atoms with Crippen molar-refractivity contribution in [2.24, 2.45) is 5.41 Å². The predicted molar refractivity (Wildman–Crippen MR) is 57.5 cm³/mol. The van der Waals surface area contributed by atoms with E-state index in [9.17, 15) is 0 Å². The Hall–Kier alpha value is -0.990. The Balaban J connectivity index is 2.31. The SMILES string of the molecule is CCn1cc(OCCC(C)(C)C)cn1. The van der Waals surface area contributed by atoms with E-state index in [4.69, 9.17) is 4.74 Å². The molecule has 0 aliphatic heterocycles. The highest BCUT2D eigenvalue weighted by atomic mass is 16.5. The lowest BCUT2D eigenvalue weighted by Gasteiger charge is -2.17. The van der Waals surface area contributed by atoms with Crippen molar-refractivity contribution in [3.05, 3.63) is 12.4 Å². The monoisotopic (exact) mass is 196 g/mol. The van der Waals surface area contributed by atoms with Crippen molar-refractivity contribution in [2.45, 2.75) is 40.7 Å². The minimum absolute atomic E-state index is 0.334. The van der Waals surface area contributed by atoms with E-state index in [1.165, 1.54) is 0 Å². The third-order valence-corrected chi connectivity index (χ3v) is 2.05. The lowest BCUT2D eigenvalue weighted by Crippen LogP contribution is -2.10. The first kappa shape index (κ1) is 11.1. The molecule has 0 saturated heterocycles. The van der Waals surface area contributed by atoms with E-state index < -0.39 is 0 Å². The van der Waals surface area contributed by atoms with E-state index in [0.717, 1.165) is 25.3 Å². The molecule has 0 atom stereocenters. The average Bonchev–Trinajstić information content (AvgIpc) is 2.50. The van der Waals surface area contributed by atoms with Crippen molar-refractivity contribution in [3.8, 4) is 5.75 Å². The van der Waals surface area contributed by atoms with Gasteiger partial charge in [0.05, 0.1) is 19.0 Å². The fourth-order valence-electron chi connectivity index (χ4n) is 1.07. The van der Waals surface area contributed by atoms with Gasteiger partial charge < -0.3 is 4.74 Å². The largest absolute Gasteiger partial charge is 0.490 e. The summed E-state index contributed by atoms with van der Waals surface area (Å²) in [6.07, 6.45) is 4.76. The molecule has 0 saturated carbocycles. The van der Waals surface area contributed by atoms with Crippen molar-refractivity contribution >= 4 is 0 Å². The van der Waals surface area contributed by atoms with Crippen LogP contribution in [0.4, 0.5) is 0 Å². The minimum Gasteiger partial charge on any atom is -0.490 e. The Bertz CT molecular complexity index is 273. The number of rotatable bonds is 4. The standard InChI is InChI=1S/C11H20N2O/c1-5-13-9-10(8-12-13)14-7-6-11(2,3)4/h8-9H,5-7H2,1-4H3. The molecular formula is C11H20N2O. The van der Waals surface area contributed by atoms with Gasteiger partial charge in [-0.1, -0.05) is 20.8 Å². The van der Waals surface area contributed by atoms with Crippen LogP contribution in [0.2, 0.25) is 0 Å². The normalized spacial score (nSPS) is 11.7. The van der Waals surface area contributed by atoms with Gasteiger partial charge in [-0.3, -0.25) is 4.68 Å². The maximum Gasteiger partial charge on any atom is 0.157 e. The van der Waals surface area contributed by atoms with Gasteiger partial charge in [-0.05, 0) is 18.8 Å². The maximum absolute atomic E-state index is 5.58. The Labute approximate surface area is 86.1 Å². The Morgan fingerprint density at radius 1 is 1.43 bits per heavy atom. The molecule has 0 spiro atoms. The van der Waals surface area contributed by atoms with Crippen LogP contribution in [0.1, 0.15) is 34.1 Å². The highest BCUT2D eigenvalue weighted by molar-refractivity contribution is 5.11. The molecule has 1 rings (SSSR count). The molecule has 80 valence electrons. The van der Waals surface area contributed by atoms with Gasteiger partial charge in [0.15, 0.2) is 5.75 Å². The quantitative estimate of drug-likeness (QED) is 0.740. The summed E-state index contributed by atoms with van der Waals surface area (Å²) in [5.41, 5.74) is 0.334. The van der Waals surface area contributed by atoms with E-state index in [0.29, 0.717) is 5.41 Å². The van der Waals surface area contributed by atoms with E-state index in [1.807, 2.05) is 10.9 Å². The Morgan fingerprint density at radius 3 is 2.64 bits per heavy atom. The number of aryl methyl sites for hydroxylation is 1. The molecule has 0 bridgehead atoms. The summed E-state index contributed by atoms with van der Waals surface area (Å²) in [4.78, 5) is 0. The molecule has 0 fully saturated rings. The summed E-state index contributed by atoms with van der Waals surface area (Å²) in [6, 6.07) is 0. The van der Waals surface area contributed by atoms with Crippen LogP contribution in [-0.4, -0.2) is 16.4 Å². The molecule has 1 aromatic rings. The van der Waals surface area contributed by atoms with Gasteiger partial charge in [-0.15, -0.1) is 0 Å². The smallest absolute Gasteiger partial charge is 0.157 e. The first-order valence-electron chi connectivity index (χ1n) is 5.16. The van der Waals surface area contributed by atoms with Gasteiger partial charge in [-0.25, -0.2) is 0 Å². The van der Waals surface area contributed by atoms with E-state index in [-0.39, 0.29) is 0 Å². The molecule has 14 heavy (non-hydrogen) atoms. The van der Waals surface area contributed by atoms with Gasteiger partial charge in [0.2, 0.25) is 0 Å².